The second-order valence-electron chi connectivity index (χ2n) is 5.59. The van der Waals surface area contributed by atoms with E-state index in [1.807, 2.05) is 31.2 Å². The third-order valence-electron chi connectivity index (χ3n) is 3.60. The van der Waals surface area contributed by atoms with Crippen molar-refractivity contribution in [1.29, 1.82) is 0 Å². The maximum absolute atomic E-state index is 13.1. The molecule has 0 unspecified atom stereocenters. The number of esters is 1. The molecular weight excluding hydrogens is 325 g/mol. The van der Waals surface area contributed by atoms with Gasteiger partial charge in [-0.25, -0.2) is 9.18 Å². The van der Waals surface area contributed by atoms with E-state index in [1.165, 1.54) is 6.07 Å². The lowest BCUT2D eigenvalue weighted by molar-refractivity contribution is 0.0281. The smallest absolute Gasteiger partial charge is 0.341 e. The van der Waals surface area contributed by atoms with E-state index in [1.54, 1.807) is 6.92 Å². The lowest BCUT2D eigenvalue weighted by atomic mass is 10.1. The molecule has 1 heterocycles. The molecule has 0 radical (unpaired) electrons. The second kappa shape index (κ2) is 6.72. The Labute approximate surface area is 143 Å². The van der Waals surface area contributed by atoms with Crippen molar-refractivity contribution in [2.24, 2.45) is 0 Å². The minimum Gasteiger partial charge on any atom is -0.449 e. The molecule has 1 atom stereocenters. The summed E-state index contributed by atoms with van der Waals surface area (Å²) in [7, 11) is 0. The van der Waals surface area contributed by atoms with Gasteiger partial charge in [-0.2, -0.15) is 0 Å². The van der Waals surface area contributed by atoms with Crippen molar-refractivity contribution in [2.45, 2.75) is 20.0 Å². The minimum absolute atomic E-state index is 0.00285. The van der Waals surface area contributed by atoms with Gasteiger partial charge in [-0.1, -0.05) is 17.7 Å². The van der Waals surface area contributed by atoms with Gasteiger partial charge in [-0.3, -0.25) is 0 Å². The molecule has 6 nitrogen and oxygen atoms in total. The second-order valence-corrected chi connectivity index (χ2v) is 5.59. The quantitative estimate of drug-likeness (QED) is 0.575. The standard InChI is InChI=1S/C18H16FN3O3/c1-10-3-5-12(6-4-10)17-22-21-16(25-17)11(2)24-18(23)14-8-7-13(19)9-15(14)20/h3-9,11H,20H2,1-2H3/t11-/m0/s1. The normalized spacial score (nSPS) is 12.0. The lowest BCUT2D eigenvalue weighted by Gasteiger charge is -2.10. The first-order valence-corrected chi connectivity index (χ1v) is 7.60. The molecule has 0 saturated carbocycles. The zero-order chi connectivity index (χ0) is 18.0. The largest absolute Gasteiger partial charge is 0.449 e. The van der Waals surface area contributed by atoms with Crippen LogP contribution in [0.5, 0.6) is 0 Å². The first-order chi connectivity index (χ1) is 11.9. The summed E-state index contributed by atoms with van der Waals surface area (Å²) in [6, 6.07) is 11.1. The number of nitrogens with zero attached hydrogens (tertiary/aromatic N) is 2. The Morgan fingerprint density at radius 3 is 2.60 bits per heavy atom. The zero-order valence-corrected chi connectivity index (χ0v) is 13.7. The fourth-order valence-corrected chi connectivity index (χ4v) is 2.21. The summed E-state index contributed by atoms with van der Waals surface area (Å²) in [5, 5.41) is 7.88. The van der Waals surface area contributed by atoms with Crippen LogP contribution in [0.3, 0.4) is 0 Å². The van der Waals surface area contributed by atoms with Gasteiger partial charge in [0.25, 0.3) is 5.89 Å². The number of rotatable bonds is 4. The number of aryl methyl sites for hydroxylation is 1. The average Bonchev–Trinajstić information content (AvgIpc) is 3.05. The fourth-order valence-electron chi connectivity index (χ4n) is 2.21. The van der Waals surface area contributed by atoms with E-state index in [9.17, 15) is 9.18 Å². The molecule has 1 aromatic heterocycles. The predicted molar refractivity (Wildman–Crippen MR) is 89.1 cm³/mol. The summed E-state index contributed by atoms with van der Waals surface area (Å²) in [5.41, 5.74) is 7.60. The zero-order valence-electron chi connectivity index (χ0n) is 13.7. The van der Waals surface area contributed by atoms with E-state index in [-0.39, 0.29) is 17.1 Å². The van der Waals surface area contributed by atoms with Crippen LogP contribution in [0.1, 0.15) is 34.8 Å². The Balaban J connectivity index is 1.74. The van der Waals surface area contributed by atoms with Gasteiger partial charge in [0.05, 0.1) is 5.56 Å². The van der Waals surface area contributed by atoms with Crippen LogP contribution in [0.15, 0.2) is 46.9 Å². The highest BCUT2D eigenvalue weighted by Gasteiger charge is 2.21. The first kappa shape index (κ1) is 16.6. The van der Waals surface area contributed by atoms with Crippen LogP contribution >= 0.6 is 0 Å². The van der Waals surface area contributed by atoms with Crippen molar-refractivity contribution >= 4 is 11.7 Å². The molecule has 128 valence electrons. The molecule has 0 amide bonds. The molecule has 2 aromatic carbocycles. The van der Waals surface area contributed by atoms with Crippen LogP contribution in [0.4, 0.5) is 10.1 Å². The number of halogens is 1. The third kappa shape index (κ3) is 3.65. The van der Waals surface area contributed by atoms with Gasteiger partial charge in [-0.15, -0.1) is 10.2 Å². The topological polar surface area (TPSA) is 91.2 Å². The molecule has 25 heavy (non-hydrogen) atoms. The number of hydrogen-bond acceptors (Lipinski definition) is 6. The highest BCUT2D eigenvalue weighted by atomic mass is 19.1. The van der Waals surface area contributed by atoms with Gasteiger partial charge in [0.1, 0.15) is 5.82 Å². The number of aromatic nitrogens is 2. The SMILES string of the molecule is Cc1ccc(-c2nnc([C@H](C)OC(=O)c3ccc(F)cc3N)o2)cc1. The van der Waals surface area contributed by atoms with Crippen molar-refractivity contribution in [2.75, 3.05) is 5.73 Å². The van der Waals surface area contributed by atoms with Gasteiger partial charge in [-0.05, 0) is 44.2 Å². The van der Waals surface area contributed by atoms with Crippen LogP contribution < -0.4 is 5.73 Å². The van der Waals surface area contributed by atoms with Crippen LogP contribution in [-0.2, 0) is 4.74 Å². The van der Waals surface area contributed by atoms with Gasteiger partial charge in [0, 0.05) is 11.3 Å². The molecule has 0 spiro atoms. The van der Waals surface area contributed by atoms with E-state index in [2.05, 4.69) is 10.2 Å². The lowest BCUT2D eigenvalue weighted by Crippen LogP contribution is -2.11. The number of ether oxygens (including phenoxy) is 1. The summed E-state index contributed by atoms with van der Waals surface area (Å²) in [5.74, 6) is -0.731. The number of anilines is 1. The number of benzene rings is 2. The van der Waals surface area contributed by atoms with Crippen molar-refractivity contribution in [1.82, 2.24) is 10.2 Å². The number of nitrogen functional groups attached to an aromatic ring is 1. The molecule has 7 heteroatoms. The molecule has 0 aliphatic carbocycles. The Hall–Kier alpha value is -3.22. The molecule has 3 rings (SSSR count). The van der Waals surface area contributed by atoms with Crippen molar-refractivity contribution in [3.05, 3.63) is 65.3 Å². The van der Waals surface area contributed by atoms with Crippen molar-refractivity contribution in [3.63, 3.8) is 0 Å². The van der Waals surface area contributed by atoms with E-state index in [0.717, 1.165) is 23.3 Å². The van der Waals surface area contributed by atoms with Crippen molar-refractivity contribution in [3.8, 4) is 11.5 Å². The van der Waals surface area contributed by atoms with E-state index in [0.29, 0.717) is 5.89 Å². The summed E-state index contributed by atoms with van der Waals surface area (Å²) >= 11 is 0. The van der Waals surface area contributed by atoms with Crippen LogP contribution in [0.2, 0.25) is 0 Å². The first-order valence-electron chi connectivity index (χ1n) is 7.60. The minimum atomic E-state index is -0.774. The van der Waals surface area contributed by atoms with E-state index >= 15 is 0 Å². The van der Waals surface area contributed by atoms with Gasteiger partial charge in [0.15, 0.2) is 6.10 Å². The van der Waals surface area contributed by atoms with Gasteiger partial charge >= 0.3 is 5.97 Å². The fraction of sp³-hybridized carbons (Fsp3) is 0.167. The average molecular weight is 341 g/mol. The Kier molecular flexibility index (Phi) is 4.47. The third-order valence-corrected chi connectivity index (χ3v) is 3.60. The van der Waals surface area contributed by atoms with Gasteiger partial charge in [0.2, 0.25) is 5.89 Å². The summed E-state index contributed by atoms with van der Waals surface area (Å²) < 4.78 is 23.9. The molecule has 0 aliphatic heterocycles. The van der Waals surface area contributed by atoms with Crippen LogP contribution in [-0.4, -0.2) is 16.2 Å². The summed E-state index contributed by atoms with van der Waals surface area (Å²) in [4.78, 5) is 12.2. The summed E-state index contributed by atoms with van der Waals surface area (Å²) in [6.07, 6.45) is -0.774. The molecule has 0 saturated heterocycles. The number of carbonyl (C=O) groups is 1. The molecule has 0 bridgehead atoms. The maximum Gasteiger partial charge on any atom is 0.341 e. The van der Waals surface area contributed by atoms with E-state index in [4.69, 9.17) is 14.9 Å². The number of nitrogens with two attached hydrogens (primary N) is 1. The number of hydrogen-bond donors (Lipinski definition) is 1. The molecule has 0 fully saturated rings. The summed E-state index contributed by atoms with van der Waals surface area (Å²) in [6.45, 7) is 3.58. The highest BCUT2D eigenvalue weighted by Crippen LogP contribution is 2.24. The Morgan fingerprint density at radius 2 is 1.92 bits per heavy atom. The van der Waals surface area contributed by atoms with Gasteiger partial charge < -0.3 is 14.9 Å². The van der Waals surface area contributed by atoms with E-state index < -0.39 is 17.9 Å². The van der Waals surface area contributed by atoms with Crippen molar-refractivity contribution < 1.29 is 18.3 Å². The Morgan fingerprint density at radius 1 is 1.20 bits per heavy atom. The number of carbonyl (C=O) groups excluding carboxylic acids is 1. The predicted octanol–water partition coefficient (Wildman–Crippen LogP) is 3.68. The maximum atomic E-state index is 13.1. The Bertz CT molecular complexity index is 906. The molecular formula is C18H16FN3O3. The van der Waals surface area contributed by atoms with Crippen LogP contribution in [0.25, 0.3) is 11.5 Å². The monoisotopic (exact) mass is 341 g/mol. The molecule has 3 aromatic rings. The highest BCUT2D eigenvalue weighted by molar-refractivity contribution is 5.95. The molecule has 0 aliphatic rings. The van der Waals surface area contributed by atoms with Crippen LogP contribution in [0, 0.1) is 12.7 Å². The molecule has 2 N–H and O–H groups in total.